The highest BCUT2D eigenvalue weighted by atomic mass is 19.4. The topological polar surface area (TPSA) is 27.7 Å². The highest BCUT2D eigenvalue weighted by Gasteiger charge is 2.29. The van der Waals surface area contributed by atoms with E-state index in [1.54, 1.807) is 12.2 Å². The number of hydrogen-bond acceptors (Lipinski definition) is 3. The summed E-state index contributed by atoms with van der Waals surface area (Å²) in [5, 5.41) is 0. The molecule has 2 aromatic carbocycles. The smallest absolute Gasteiger partial charge is 0.422 e. The Kier molecular flexibility index (Phi) is 8.01. The Morgan fingerprint density at radius 1 is 0.677 bits per heavy atom. The quantitative estimate of drug-likeness (QED) is 0.296. The van der Waals surface area contributed by atoms with Crippen LogP contribution in [0.4, 0.5) is 26.3 Å². The molecule has 0 aliphatic rings. The van der Waals surface area contributed by atoms with E-state index < -0.39 is 25.6 Å². The van der Waals surface area contributed by atoms with Gasteiger partial charge in [-0.3, -0.25) is 0 Å². The van der Waals surface area contributed by atoms with Crippen LogP contribution in [-0.2, 0) is 12.8 Å². The lowest BCUT2D eigenvalue weighted by atomic mass is 10.1. The van der Waals surface area contributed by atoms with Crippen molar-refractivity contribution in [1.82, 2.24) is 0 Å². The number of rotatable bonds is 10. The molecule has 2 rings (SSSR count). The number of halogens is 6. The molecular weight excluding hydrogens is 426 g/mol. The third-order valence-corrected chi connectivity index (χ3v) is 3.82. The molecule has 0 N–H and O–H groups in total. The van der Waals surface area contributed by atoms with Gasteiger partial charge in [-0.15, -0.1) is 13.2 Å². The van der Waals surface area contributed by atoms with Gasteiger partial charge in [0.15, 0.2) is 13.2 Å². The highest BCUT2D eigenvalue weighted by molar-refractivity contribution is 5.47. The standard InChI is InChI=1S/C22H20F6O3/c1-3-5-15-11-17(29-13-21(23,24)25)7-9-19(15)31-20-10-8-18(12-16(20)6-4-2)30-14-22(26,27)28/h3-4,7-12H,1-2,5-6,13-14H2. The second-order valence-electron chi connectivity index (χ2n) is 6.43. The van der Waals surface area contributed by atoms with Gasteiger partial charge in [0.05, 0.1) is 0 Å². The third-order valence-electron chi connectivity index (χ3n) is 3.82. The lowest BCUT2D eigenvalue weighted by molar-refractivity contribution is -0.154. The number of ether oxygens (including phenoxy) is 3. The Morgan fingerprint density at radius 3 is 1.39 bits per heavy atom. The van der Waals surface area contributed by atoms with Crippen LogP contribution in [0.3, 0.4) is 0 Å². The van der Waals surface area contributed by atoms with Crippen LogP contribution in [0, 0.1) is 0 Å². The highest BCUT2D eigenvalue weighted by Crippen LogP contribution is 2.34. The van der Waals surface area contributed by atoms with Crippen molar-refractivity contribution in [1.29, 1.82) is 0 Å². The normalized spacial score (nSPS) is 11.7. The summed E-state index contributed by atoms with van der Waals surface area (Å²) < 4.78 is 89.7. The van der Waals surface area contributed by atoms with Crippen molar-refractivity contribution in [2.24, 2.45) is 0 Å². The van der Waals surface area contributed by atoms with E-state index in [9.17, 15) is 26.3 Å². The van der Waals surface area contributed by atoms with Crippen LogP contribution in [0.2, 0.25) is 0 Å². The van der Waals surface area contributed by atoms with Gasteiger partial charge in [-0.25, -0.2) is 0 Å². The van der Waals surface area contributed by atoms with Gasteiger partial charge >= 0.3 is 12.4 Å². The first-order chi connectivity index (χ1) is 14.5. The molecule has 3 nitrogen and oxygen atoms in total. The molecule has 0 atom stereocenters. The van der Waals surface area contributed by atoms with Crippen LogP contribution in [0.5, 0.6) is 23.0 Å². The van der Waals surface area contributed by atoms with Crippen molar-refractivity contribution in [2.75, 3.05) is 13.2 Å². The molecule has 0 aliphatic heterocycles. The van der Waals surface area contributed by atoms with Crippen molar-refractivity contribution >= 4 is 0 Å². The lowest BCUT2D eigenvalue weighted by Gasteiger charge is -2.16. The summed E-state index contributed by atoms with van der Waals surface area (Å²) in [4.78, 5) is 0. The van der Waals surface area contributed by atoms with Crippen LogP contribution >= 0.6 is 0 Å². The minimum atomic E-state index is -4.47. The summed E-state index contributed by atoms with van der Waals surface area (Å²) in [6.45, 7) is 4.39. The van der Waals surface area contributed by atoms with E-state index in [0.29, 0.717) is 35.5 Å². The Labute approximate surface area is 175 Å². The summed E-state index contributed by atoms with van der Waals surface area (Å²) >= 11 is 0. The van der Waals surface area contributed by atoms with Gasteiger partial charge in [0.1, 0.15) is 23.0 Å². The molecule has 0 fully saturated rings. The summed E-state index contributed by atoms with van der Waals surface area (Å²) in [6, 6.07) is 8.41. The van der Waals surface area contributed by atoms with Gasteiger partial charge in [0.2, 0.25) is 0 Å². The van der Waals surface area contributed by atoms with Gasteiger partial charge in [-0.1, -0.05) is 12.2 Å². The van der Waals surface area contributed by atoms with E-state index in [1.807, 2.05) is 0 Å². The molecule has 0 amide bonds. The molecule has 0 saturated heterocycles. The van der Waals surface area contributed by atoms with E-state index in [4.69, 9.17) is 14.2 Å². The Morgan fingerprint density at radius 2 is 1.06 bits per heavy atom. The zero-order valence-corrected chi connectivity index (χ0v) is 16.4. The summed E-state index contributed by atoms with van der Waals surface area (Å²) in [6.07, 6.45) is -5.25. The molecule has 0 saturated carbocycles. The first-order valence-electron chi connectivity index (χ1n) is 9.05. The Bertz CT molecular complexity index is 830. The fraction of sp³-hybridized carbons (Fsp3) is 0.273. The average molecular weight is 446 g/mol. The number of alkyl halides is 6. The van der Waals surface area contributed by atoms with E-state index in [1.165, 1.54) is 36.4 Å². The van der Waals surface area contributed by atoms with E-state index >= 15 is 0 Å². The van der Waals surface area contributed by atoms with Crippen LogP contribution in [-0.4, -0.2) is 25.6 Å². The van der Waals surface area contributed by atoms with Crippen LogP contribution in [0.15, 0.2) is 61.7 Å². The zero-order chi connectivity index (χ0) is 23.1. The third kappa shape index (κ3) is 8.27. The molecule has 0 aromatic heterocycles. The molecule has 0 spiro atoms. The van der Waals surface area contributed by atoms with Gasteiger partial charge in [-0.05, 0) is 49.2 Å². The number of allylic oxidation sites excluding steroid dienone is 2. The van der Waals surface area contributed by atoms with Crippen molar-refractivity contribution in [3.63, 3.8) is 0 Å². The molecule has 0 radical (unpaired) electrons. The van der Waals surface area contributed by atoms with Crippen LogP contribution in [0.25, 0.3) is 0 Å². The van der Waals surface area contributed by atoms with Crippen molar-refractivity contribution in [2.45, 2.75) is 25.2 Å². The first kappa shape index (κ1) is 24.2. The lowest BCUT2D eigenvalue weighted by Crippen LogP contribution is -2.19. The minimum absolute atomic E-state index is 0.0174. The number of hydrogen-bond donors (Lipinski definition) is 0. The number of benzene rings is 2. The van der Waals surface area contributed by atoms with Crippen molar-refractivity contribution in [3.8, 4) is 23.0 Å². The van der Waals surface area contributed by atoms with Crippen molar-refractivity contribution in [3.05, 3.63) is 72.8 Å². The minimum Gasteiger partial charge on any atom is -0.484 e. The molecule has 0 bridgehead atoms. The molecule has 0 aliphatic carbocycles. The fourth-order valence-corrected chi connectivity index (χ4v) is 2.57. The largest absolute Gasteiger partial charge is 0.484 e. The first-order valence-corrected chi connectivity index (χ1v) is 9.05. The van der Waals surface area contributed by atoms with E-state index in [0.717, 1.165) is 0 Å². The van der Waals surface area contributed by atoms with Gasteiger partial charge in [-0.2, -0.15) is 26.3 Å². The molecular formula is C22H20F6O3. The fourth-order valence-electron chi connectivity index (χ4n) is 2.57. The average Bonchev–Trinajstić information content (AvgIpc) is 2.67. The maximum atomic E-state index is 12.4. The predicted octanol–water partition coefficient (Wildman–Crippen LogP) is 6.82. The van der Waals surface area contributed by atoms with Crippen molar-refractivity contribution < 1.29 is 40.6 Å². The van der Waals surface area contributed by atoms with Gasteiger partial charge in [0.25, 0.3) is 0 Å². The maximum Gasteiger partial charge on any atom is 0.422 e. The molecule has 9 heteroatoms. The Balaban J connectivity index is 2.26. The maximum absolute atomic E-state index is 12.4. The summed E-state index contributed by atoms with van der Waals surface area (Å²) in [7, 11) is 0. The zero-order valence-electron chi connectivity index (χ0n) is 16.4. The summed E-state index contributed by atoms with van der Waals surface area (Å²) in [5.74, 6) is 0.717. The molecule has 0 unspecified atom stereocenters. The Hall–Kier alpha value is -3.10. The second kappa shape index (κ2) is 10.3. The SMILES string of the molecule is C=CCc1cc(OCC(F)(F)F)ccc1Oc1ccc(OCC(F)(F)F)cc1CC=C. The van der Waals surface area contributed by atoms with Gasteiger partial charge in [0, 0.05) is 11.1 Å². The van der Waals surface area contributed by atoms with Crippen LogP contribution < -0.4 is 14.2 Å². The summed E-state index contributed by atoms with van der Waals surface area (Å²) in [5.41, 5.74) is 1.05. The molecule has 168 valence electrons. The second-order valence-corrected chi connectivity index (χ2v) is 6.43. The molecule has 2 aromatic rings. The molecule has 0 heterocycles. The van der Waals surface area contributed by atoms with Gasteiger partial charge < -0.3 is 14.2 Å². The van der Waals surface area contributed by atoms with E-state index in [-0.39, 0.29) is 11.5 Å². The van der Waals surface area contributed by atoms with Crippen LogP contribution in [0.1, 0.15) is 11.1 Å². The monoisotopic (exact) mass is 446 g/mol. The predicted molar refractivity (Wildman–Crippen MR) is 104 cm³/mol. The van der Waals surface area contributed by atoms with E-state index in [2.05, 4.69) is 13.2 Å². The molecule has 31 heavy (non-hydrogen) atoms.